The molecule has 5 nitrogen and oxygen atoms in total. The van der Waals surface area contributed by atoms with Crippen molar-refractivity contribution in [3.8, 4) is 17.3 Å². The van der Waals surface area contributed by atoms with Crippen LogP contribution in [0.3, 0.4) is 0 Å². The Morgan fingerprint density at radius 1 is 1.44 bits per heavy atom. The Morgan fingerprint density at radius 3 is 2.94 bits per heavy atom. The predicted octanol–water partition coefficient (Wildman–Crippen LogP) is 3.26. The molecule has 0 aliphatic carbocycles. The van der Waals surface area contributed by atoms with E-state index in [2.05, 4.69) is 32.8 Å². The van der Waals surface area contributed by atoms with E-state index >= 15 is 0 Å². The molecule has 0 spiro atoms. The Kier molecular flexibility index (Phi) is 4.19. The van der Waals surface area contributed by atoms with Gasteiger partial charge in [-0.1, -0.05) is 13.3 Å². The maximum absolute atomic E-state index is 5.67. The van der Waals surface area contributed by atoms with Gasteiger partial charge in [0.2, 0.25) is 11.8 Å². The Bertz CT molecular complexity index is 514. The van der Waals surface area contributed by atoms with Crippen molar-refractivity contribution < 1.29 is 9.15 Å². The number of nitrogen functional groups attached to an aromatic ring is 1. The molecule has 2 aromatic rings. The van der Waals surface area contributed by atoms with Crippen molar-refractivity contribution in [1.29, 1.82) is 0 Å². The summed E-state index contributed by atoms with van der Waals surface area (Å²) in [6, 6.07) is 3.60. The average molecular weight is 312 g/mol. The zero-order valence-corrected chi connectivity index (χ0v) is 11.6. The van der Waals surface area contributed by atoms with Gasteiger partial charge in [-0.3, -0.25) is 0 Å². The Morgan fingerprint density at radius 2 is 2.28 bits per heavy atom. The molecule has 2 aromatic heterocycles. The van der Waals surface area contributed by atoms with E-state index in [1.54, 1.807) is 12.3 Å². The fourth-order valence-electron chi connectivity index (χ4n) is 1.43. The summed E-state index contributed by atoms with van der Waals surface area (Å²) in [4.78, 5) is 8.22. The first-order valence-corrected chi connectivity index (χ1v) is 6.51. The molecule has 0 bridgehead atoms. The lowest BCUT2D eigenvalue weighted by atomic mass is 10.3. The molecule has 0 saturated carbocycles. The molecule has 0 radical (unpaired) electrons. The van der Waals surface area contributed by atoms with E-state index in [-0.39, 0.29) is 5.95 Å². The minimum absolute atomic E-state index is 0.163. The SMILES string of the molecule is CCCCOc1nc(N)nc(-c2ccco2)c1Br. The highest BCUT2D eigenvalue weighted by molar-refractivity contribution is 9.10. The number of hydrogen-bond acceptors (Lipinski definition) is 5. The van der Waals surface area contributed by atoms with Crippen LogP contribution in [0.15, 0.2) is 27.3 Å². The van der Waals surface area contributed by atoms with Gasteiger partial charge in [0, 0.05) is 0 Å². The van der Waals surface area contributed by atoms with Crippen LogP contribution in [0.4, 0.5) is 5.95 Å². The van der Waals surface area contributed by atoms with E-state index in [4.69, 9.17) is 14.9 Å². The van der Waals surface area contributed by atoms with Crippen molar-refractivity contribution in [3.63, 3.8) is 0 Å². The Hall–Kier alpha value is -1.56. The van der Waals surface area contributed by atoms with Gasteiger partial charge in [0.05, 0.1) is 12.9 Å². The van der Waals surface area contributed by atoms with E-state index in [1.165, 1.54) is 0 Å². The number of ether oxygens (including phenoxy) is 1. The van der Waals surface area contributed by atoms with Crippen LogP contribution >= 0.6 is 15.9 Å². The molecule has 96 valence electrons. The molecule has 0 aromatic carbocycles. The second kappa shape index (κ2) is 5.86. The molecule has 2 heterocycles. The molecule has 6 heteroatoms. The van der Waals surface area contributed by atoms with Gasteiger partial charge in [-0.2, -0.15) is 4.98 Å². The third-order valence-corrected chi connectivity index (χ3v) is 3.04. The highest BCUT2D eigenvalue weighted by Crippen LogP contribution is 2.33. The van der Waals surface area contributed by atoms with Crippen molar-refractivity contribution in [2.45, 2.75) is 19.8 Å². The molecule has 2 rings (SSSR count). The molecule has 2 N–H and O–H groups in total. The fraction of sp³-hybridized carbons (Fsp3) is 0.333. The van der Waals surface area contributed by atoms with E-state index in [0.29, 0.717) is 28.4 Å². The lowest BCUT2D eigenvalue weighted by molar-refractivity contribution is 0.296. The first kappa shape index (κ1) is 12.9. The van der Waals surface area contributed by atoms with E-state index in [0.717, 1.165) is 12.8 Å². The Labute approximate surface area is 114 Å². The van der Waals surface area contributed by atoms with Gasteiger partial charge < -0.3 is 14.9 Å². The molecule has 0 unspecified atom stereocenters. The lowest BCUT2D eigenvalue weighted by Gasteiger charge is -2.09. The lowest BCUT2D eigenvalue weighted by Crippen LogP contribution is -2.04. The minimum atomic E-state index is 0.163. The van der Waals surface area contributed by atoms with Crippen LogP contribution in [0, 0.1) is 0 Å². The normalized spacial score (nSPS) is 10.6. The second-order valence-corrected chi connectivity index (χ2v) is 4.52. The van der Waals surface area contributed by atoms with Crippen molar-refractivity contribution >= 4 is 21.9 Å². The summed E-state index contributed by atoms with van der Waals surface area (Å²) in [5.74, 6) is 1.23. The monoisotopic (exact) mass is 311 g/mol. The first-order valence-electron chi connectivity index (χ1n) is 5.72. The number of nitrogens with two attached hydrogens (primary N) is 1. The summed E-state index contributed by atoms with van der Waals surface area (Å²) in [5.41, 5.74) is 6.27. The topological polar surface area (TPSA) is 74.2 Å². The molecule has 0 aliphatic heterocycles. The molecule has 0 amide bonds. The molecule has 18 heavy (non-hydrogen) atoms. The van der Waals surface area contributed by atoms with Crippen LogP contribution < -0.4 is 10.5 Å². The predicted molar refractivity (Wildman–Crippen MR) is 72.2 cm³/mol. The molecule has 0 saturated heterocycles. The quantitative estimate of drug-likeness (QED) is 0.858. The number of anilines is 1. The first-order chi connectivity index (χ1) is 8.72. The van der Waals surface area contributed by atoms with Crippen LogP contribution in [0.25, 0.3) is 11.5 Å². The van der Waals surface area contributed by atoms with Gasteiger partial charge in [0.15, 0.2) is 5.76 Å². The van der Waals surface area contributed by atoms with E-state index in [9.17, 15) is 0 Å². The number of rotatable bonds is 5. The summed E-state index contributed by atoms with van der Waals surface area (Å²) in [6.07, 6.45) is 3.60. The highest BCUT2D eigenvalue weighted by atomic mass is 79.9. The maximum Gasteiger partial charge on any atom is 0.233 e. The van der Waals surface area contributed by atoms with E-state index in [1.807, 2.05) is 6.07 Å². The standard InChI is InChI=1S/C12H14BrN3O2/c1-2-3-6-18-11-9(13)10(15-12(14)16-11)8-5-4-7-17-8/h4-5,7H,2-3,6H2,1H3,(H2,14,15,16). The van der Waals surface area contributed by atoms with Crippen LogP contribution in [0.5, 0.6) is 5.88 Å². The average Bonchev–Trinajstić information content (AvgIpc) is 2.87. The number of furan rings is 1. The van der Waals surface area contributed by atoms with Crippen LogP contribution in [-0.4, -0.2) is 16.6 Å². The molecular formula is C12H14BrN3O2. The van der Waals surface area contributed by atoms with Gasteiger partial charge in [-0.05, 0) is 34.5 Å². The van der Waals surface area contributed by atoms with Gasteiger partial charge in [-0.25, -0.2) is 4.98 Å². The summed E-state index contributed by atoms with van der Waals surface area (Å²) in [6.45, 7) is 2.70. The van der Waals surface area contributed by atoms with Gasteiger partial charge in [0.1, 0.15) is 10.2 Å². The van der Waals surface area contributed by atoms with Crippen molar-refractivity contribution in [3.05, 3.63) is 22.9 Å². The van der Waals surface area contributed by atoms with Crippen molar-refractivity contribution in [2.24, 2.45) is 0 Å². The molecular weight excluding hydrogens is 298 g/mol. The van der Waals surface area contributed by atoms with Crippen LogP contribution in [0.1, 0.15) is 19.8 Å². The zero-order chi connectivity index (χ0) is 13.0. The second-order valence-electron chi connectivity index (χ2n) is 3.73. The van der Waals surface area contributed by atoms with Crippen LogP contribution in [-0.2, 0) is 0 Å². The number of hydrogen-bond donors (Lipinski definition) is 1. The minimum Gasteiger partial charge on any atom is -0.477 e. The van der Waals surface area contributed by atoms with E-state index < -0.39 is 0 Å². The zero-order valence-electron chi connectivity index (χ0n) is 10.0. The van der Waals surface area contributed by atoms with Crippen LogP contribution in [0.2, 0.25) is 0 Å². The number of halogens is 1. The van der Waals surface area contributed by atoms with Crippen molar-refractivity contribution in [1.82, 2.24) is 9.97 Å². The molecule has 0 aliphatic rings. The third-order valence-electron chi connectivity index (χ3n) is 2.33. The number of aromatic nitrogens is 2. The summed E-state index contributed by atoms with van der Waals surface area (Å²) >= 11 is 3.42. The van der Waals surface area contributed by atoms with Crippen molar-refractivity contribution in [2.75, 3.05) is 12.3 Å². The molecule has 0 fully saturated rings. The number of nitrogens with zero attached hydrogens (tertiary/aromatic N) is 2. The number of unbranched alkanes of at least 4 members (excludes halogenated alkanes) is 1. The maximum atomic E-state index is 5.67. The largest absolute Gasteiger partial charge is 0.477 e. The van der Waals surface area contributed by atoms with Gasteiger partial charge >= 0.3 is 0 Å². The summed E-state index contributed by atoms with van der Waals surface area (Å²) < 4.78 is 11.5. The molecule has 0 atom stereocenters. The van der Waals surface area contributed by atoms with Gasteiger partial charge in [-0.15, -0.1) is 0 Å². The van der Waals surface area contributed by atoms with Gasteiger partial charge in [0.25, 0.3) is 0 Å². The highest BCUT2D eigenvalue weighted by Gasteiger charge is 2.15. The Balaban J connectivity index is 2.31. The fourth-order valence-corrected chi connectivity index (χ4v) is 1.92. The summed E-state index contributed by atoms with van der Waals surface area (Å²) in [5, 5.41) is 0. The third kappa shape index (κ3) is 2.81. The smallest absolute Gasteiger partial charge is 0.233 e. The summed E-state index contributed by atoms with van der Waals surface area (Å²) in [7, 11) is 0.